The number of methoxy groups -OCH3 is 1. The van der Waals surface area contributed by atoms with Crippen LogP contribution in [0.15, 0.2) is 48.8 Å². The quantitative estimate of drug-likeness (QED) is 0.913. The monoisotopic (exact) mass is 281 g/mol. The average molecular weight is 281 g/mol. The second kappa shape index (κ2) is 7.06. The van der Waals surface area contributed by atoms with E-state index in [-0.39, 0.29) is 5.91 Å². The summed E-state index contributed by atoms with van der Waals surface area (Å²) in [7, 11) is 1.56. The Kier molecular flexibility index (Phi) is 4.89. The molecule has 0 fully saturated rings. The molecule has 1 amide bonds. The van der Waals surface area contributed by atoms with Gasteiger partial charge in [-0.3, -0.25) is 9.78 Å². The van der Waals surface area contributed by atoms with E-state index < -0.39 is 5.92 Å². The summed E-state index contributed by atoms with van der Waals surface area (Å²) in [5, 5.41) is 11.9. The van der Waals surface area contributed by atoms with Crippen LogP contribution in [0.2, 0.25) is 0 Å². The van der Waals surface area contributed by atoms with Crippen molar-refractivity contribution in [2.75, 3.05) is 12.4 Å². The van der Waals surface area contributed by atoms with E-state index in [1.807, 2.05) is 12.1 Å². The Hall–Kier alpha value is -2.87. The second-order valence-corrected chi connectivity index (χ2v) is 4.47. The maximum Gasteiger partial charge on any atom is 0.242 e. The molecule has 5 heteroatoms. The van der Waals surface area contributed by atoms with Gasteiger partial charge in [0.2, 0.25) is 5.91 Å². The molecule has 1 aromatic carbocycles. The summed E-state index contributed by atoms with van der Waals surface area (Å²) >= 11 is 0. The molecule has 0 aliphatic heterocycles. The highest BCUT2D eigenvalue weighted by Crippen LogP contribution is 2.18. The van der Waals surface area contributed by atoms with Crippen molar-refractivity contribution in [1.82, 2.24) is 4.98 Å². The van der Waals surface area contributed by atoms with E-state index in [1.54, 1.807) is 49.8 Å². The Morgan fingerprint density at radius 2 is 2.29 bits per heavy atom. The highest BCUT2D eigenvalue weighted by atomic mass is 16.5. The maximum atomic E-state index is 12.2. The number of nitrogens with zero attached hydrogens (tertiary/aromatic N) is 2. The fraction of sp³-hybridized carbons (Fsp3) is 0.188. The molecule has 0 saturated heterocycles. The van der Waals surface area contributed by atoms with Crippen LogP contribution in [-0.2, 0) is 11.2 Å². The smallest absolute Gasteiger partial charge is 0.242 e. The molecular weight excluding hydrogens is 266 g/mol. The number of hydrogen-bond donors (Lipinski definition) is 1. The maximum absolute atomic E-state index is 12.2. The van der Waals surface area contributed by atoms with E-state index >= 15 is 0 Å². The molecule has 1 atom stereocenters. The predicted molar refractivity (Wildman–Crippen MR) is 78.7 cm³/mol. The number of aromatic nitrogens is 1. The van der Waals surface area contributed by atoms with Crippen molar-refractivity contribution >= 4 is 11.6 Å². The number of nitriles is 1. The summed E-state index contributed by atoms with van der Waals surface area (Å²) in [6, 6.07) is 12.7. The Labute approximate surface area is 123 Å². The highest BCUT2D eigenvalue weighted by Gasteiger charge is 2.18. The van der Waals surface area contributed by atoms with Crippen molar-refractivity contribution in [1.29, 1.82) is 5.26 Å². The number of anilines is 1. The van der Waals surface area contributed by atoms with Crippen LogP contribution in [0.5, 0.6) is 5.75 Å². The molecule has 0 aliphatic rings. The summed E-state index contributed by atoms with van der Waals surface area (Å²) in [5.41, 5.74) is 1.45. The van der Waals surface area contributed by atoms with Crippen LogP contribution < -0.4 is 10.1 Å². The third-order valence-electron chi connectivity index (χ3n) is 2.97. The fourth-order valence-corrected chi connectivity index (χ4v) is 1.88. The van der Waals surface area contributed by atoms with Crippen LogP contribution in [-0.4, -0.2) is 18.0 Å². The van der Waals surface area contributed by atoms with Crippen LogP contribution >= 0.6 is 0 Å². The molecule has 0 saturated carbocycles. The lowest BCUT2D eigenvalue weighted by atomic mass is 10.0. The molecule has 0 bridgehead atoms. The van der Waals surface area contributed by atoms with Gasteiger partial charge in [0.05, 0.1) is 13.2 Å². The summed E-state index contributed by atoms with van der Waals surface area (Å²) in [4.78, 5) is 16.1. The molecule has 1 heterocycles. The number of hydrogen-bond acceptors (Lipinski definition) is 4. The van der Waals surface area contributed by atoms with E-state index in [0.29, 0.717) is 17.9 Å². The highest BCUT2D eigenvalue weighted by molar-refractivity contribution is 5.94. The third kappa shape index (κ3) is 4.05. The minimum Gasteiger partial charge on any atom is -0.497 e. The molecule has 2 rings (SSSR count). The zero-order valence-corrected chi connectivity index (χ0v) is 11.6. The summed E-state index contributed by atoms with van der Waals surface area (Å²) in [6.07, 6.45) is 3.64. The first-order valence-electron chi connectivity index (χ1n) is 6.46. The number of benzene rings is 1. The summed E-state index contributed by atoms with van der Waals surface area (Å²) in [6.45, 7) is 0. The van der Waals surface area contributed by atoms with Gasteiger partial charge in [-0.05, 0) is 30.2 Å². The Morgan fingerprint density at radius 1 is 1.43 bits per heavy atom. The van der Waals surface area contributed by atoms with Crippen LogP contribution in [0.4, 0.5) is 5.69 Å². The van der Waals surface area contributed by atoms with E-state index in [2.05, 4.69) is 10.3 Å². The summed E-state index contributed by atoms with van der Waals surface area (Å²) in [5.74, 6) is -0.455. The molecule has 0 radical (unpaired) electrons. The van der Waals surface area contributed by atoms with Crippen LogP contribution in [0.25, 0.3) is 0 Å². The Balaban J connectivity index is 2.05. The molecule has 106 valence electrons. The lowest BCUT2D eigenvalue weighted by Crippen LogP contribution is -2.23. The SMILES string of the molecule is COc1cccc(NC(=O)[C@H](C#N)Cc2cccnc2)c1. The van der Waals surface area contributed by atoms with E-state index in [1.165, 1.54) is 0 Å². The van der Waals surface area contributed by atoms with Gasteiger partial charge in [-0.2, -0.15) is 5.26 Å². The number of pyridine rings is 1. The van der Waals surface area contributed by atoms with Gasteiger partial charge in [0.15, 0.2) is 0 Å². The second-order valence-electron chi connectivity index (χ2n) is 4.47. The van der Waals surface area contributed by atoms with E-state index in [9.17, 15) is 10.1 Å². The molecule has 2 aromatic rings. The van der Waals surface area contributed by atoms with E-state index in [4.69, 9.17) is 4.74 Å². The van der Waals surface area contributed by atoms with Gasteiger partial charge in [-0.1, -0.05) is 12.1 Å². The zero-order chi connectivity index (χ0) is 15.1. The molecule has 0 aliphatic carbocycles. The number of carbonyl (C=O) groups is 1. The lowest BCUT2D eigenvalue weighted by Gasteiger charge is -2.11. The number of carbonyl (C=O) groups excluding carboxylic acids is 1. The number of amides is 1. The van der Waals surface area contributed by atoms with Crippen LogP contribution in [0.3, 0.4) is 0 Å². The van der Waals surface area contributed by atoms with Crippen molar-refractivity contribution in [3.8, 4) is 11.8 Å². The topological polar surface area (TPSA) is 75.0 Å². The molecular formula is C16H15N3O2. The van der Waals surface area contributed by atoms with Crippen molar-refractivity contribution in [3.63, 3.8) is 0 Å². The van der Waals surface area contributed by atoms with E-state index in [0.717, 1.165) is 5.56 Å². The molecule has 21 heavy (non-hydrogen) atoms. The average Bonchev–Trinajstić information content (AvgIpc) is 2.53. The Morgan fingerprint density at radius 3 is 2.95 bits per heavy atom. The van der Waals surface area contributed by atoms with Crippen LogP contribution in [0.1, 0.15) is 5.56 Å². The molecule has 1 N–H and O–H groups in total. The minimum atomic E-state index is -0.764. The van der Waals surface area contributed by atoms with Crippen molar-refractivity contribution < 1.29 is 9.53 Å². The van der Waals surface area contributed by atoms with Gasteiger partial charge < -0.3 is 10.1 Å². The van der Waals surface area contributed by atoms with Gasteiger partial charge in [-0.15, -0.1) is 0 Å². The number of rotatable bonds is 5. The molecule has 1 aromatic heterocycles. The molecule has 0 spiro atoms. The minimum absolute atomic E-state index is 0.333. The zero-order valence-electron chi connectivity index (χ0n) is 11.6. The van der Waals surface area contributed by atoms with Gasteiger partial charge in [0.25, 0.3) is 0 Å². The Bertz CT molecular complexity index is 650. The van der Waals surface area contributed by atoms with Gasteiger partial charge in [0, 0.05) is 24.1 Å². The molecule has 0 unspecified atom stereocenters. The first kappa shape index (κ1) is 14.5. The first-order valence-corrected chi connectivity index (χ1v) is 6.46. The first-order chi connectivity index (χ1) is 10.2. The normalized spacial score (nSPS) is 11.2. The van der Waals surface area contributed by atoms with Gasteiger partial charge in [0.1, 0.15) is 11.7 Å². The lowest BCUT2D eigenvalue weighted by molar-refractivity contribution is -0.118. The third-order valence-corrected chi connectivity index (χ3v) is 2.97. The summed E-state index contributed by atoms with van der Waals surface area (Å²) < 4.78 is 5.09. The number of nitrogens with one attached hydrogen (secondary N) is 1. The largest absolute Gasteiger partial charge is 0.497 e. The fourth-order valence-electron chi connectivity index (χ4n) is 1.88. The number of ether oxygens (including phenoxy) is 1. The van der Waals surface area contributed by atoms with Gasteiger partial charge >= 0.3 is 0 Å². The standard InChI is InChI=1S/C16H15N3O2/c1-21-15-6-2-5-14(9-15)19-16(20)13(10-17)8-12-4-3-7-18-11-12/h2-7,9,11,13H,8H2,1H3,(H,19,20)/t13-/m0/s1. The van der Waals surface area contributed by atoms with Crippen molar-refractivity contribution in [2.45, 2.75) is 6.42 Å². The van der Waals surface area contributed by atoms with Crippen LogP contribution in [0, 0.1) is 17.2 Å². The predicted octanol–water partition coefficient (Wildman–Crippen LogP) is 2.41. The van der Waals surface area contributed by atoms with Crippen molar-refractivity contribution in [3.05, 3.63) is 54.4 Å². The van der Waals surface area contributed by atoms with Crippen molar-refractivity contribution in [2.24, 2.45) is 5.92 Å². The molecule has 5 nitrogen and oxygen atoms in total. The van der Waals surface area contributed by atoms with Gasteiger partial charge in [-0.25, -0.2) is 0 Å².